The van der Waals surface area contributed by atoms with Crippen molar-refractivity contribution in [3.63, 3.8) is 0 Å². The van der Waals surface area contributed by atoms with Gasteiger partial charge in [-0.1, -0.05) is 19.0 Å². The molecule has 2 N–H and O–H groups in total. The molecule has 0 bridgehead atoms. The maximum Gasteiger partial charge on any atom is 0.246 e. The molecule has 92 valence electrons. The van der Waals surface area contributed by atoms with Crippen molar-refractivity contribution < 1.29 is 9.26 Å². The lowest BCUT2D eigenvalue weighted by Gasteiger charge is -2.21. The van der Waals surface area contributed by atoms with Gasteiger partial charge in [-0.2, -0.15) is 4.98 Å². The van der Waals surface area contributed by atoms with Crippen molar-refractivity contribution >= 4 is 0 Å². The fourth-order valence-electron chi connectivity index (χ4n) is 1.48. The highest BCUT2D eigenvalue weighted by molar-refractivity contribution is 5.02. The second-order valence-electron chi connectivity index (χ2n) is 3.92. The van der Waals surface area contributed by atoms with E-state index in [-0.39, 0.29) is 6.10 Å². The minimum Gasteiger partial charge on any atom is -0.371 e. The number of aromatic nitrogens is 2. The Bertz CT molecular complexity index is 321. The van der Waals surface area contributed by atoms with Crippen LogP contribution in [0.15, 0.2) is 4.52 Å². The zero-order valence-corrected chi connectivity index (χ0v) is 10.5. The largest absolute Gasteiger partial charge is 0.371 e. The average Bonchev–Trinajstić information content (AvgIpc) is 2.78. The summed E-state index contributed by atoms with van der Waals surface area (Å²) in [6.45, 7) is 8.48. The second kappa shape index (κ2) is 5.41. The molecule has 1 unspecified atom stereocenters. The van der Waals surface area contributed by atoms with Gasteiger partial charge in [-0.3, -0.25) is 0 Å². The first-order valence-corrected chi connectivity index (χ1v) is 5.82. The Labute approximate surface area is 96.4 Å². The molecule has 0 aliphatic heterocycles. The van der Waals surface area contributed by atoms with Gasteiger partial charge >= 0.3 is 0 Å². The SMILES string of the molecule is CCOC(C)c1noc(C(N)(CC)CC)n1. The van der Waals surface area contributed by atoms with Crippen molar-refractivity contribution in [2.45, 2.75) is 52.2 Å². The summed E-state index contributed by atoms with van der Waals surface area (Å²) in [7, 11) is 0. The van der Waals surface area contributed by atoms with Crippen LogP contribution >= 0.6 is 0 Å². The lowest BCUT2D eigenvalue weighted by atomic mass is 9.94. The molecule has 1 aromatic rings. The Morgan fingerprint density at radius 3 is 2.50 bits per heavy atom. The van der Waals surface area contributed by atoms with Gasteiger partial charge in [-0.15, -0.1) is 0 Å². The smallest absolute Gasteiger partial charge is 0.246 e. The first-order chi connectivity index (χ1) is 7.57. The molecule has 0 aliphatic carbocycles. The van der Waals surface area contributed by atoms with E-state index < -0.39 is 5.54 Å². The van der Waals surface area contributed by atoms with Gasteiger partial charge in [0.25, 0.3) is 0 Å². The Morgan fingerprint density at radius 2 is 2.00 bits per heavy atom. The van der Waals surface area contributed by atoms with Gasteiger partial charge < -0.3 is 15.0 Å². The Balaban J connectivity index is 2.85. The van der Waals surface area contributed by atoms with Crippen LogP contribution in [0.4, 0.5) is 0 Å². The minimum absolute atomic E-state index is 0.152. The molecule has 1 aromatic heterocycles. The number of nitrogens with two attached hydrogens (primary N) is 1. The van der Waals surface area contributed by atoms with Crippen LogP contribution in [-0.2, 0) is 10.3 Å². The first-order valence-electron chi connectivity index (χ1n) is 5.82. The van der Waals surface area contributed by atoms with Crippen molar-refractivity contribution in [1.82, 2.24) is 10.1 Å². The maximum absolute atomic E-state index is 6.17. The van der Waals surface area contributed by atoms with Gasteiger partial charge in [0.15, 0.2) is 5.82 Å². The molecule has 0 saturated carbocycles. The third-order valence-corrected chi connectivity index (χ3v) is 2.91. The van der Waals surface area contributed by atoms with E-state index in [0.717, 1.165) is 12.8 Å². The van der Waals surface area contributed by atoms with Gasteiger partial charge in [-0.05, 0) is 26.7 Å². The minimum atomic E-state index is -0.517. The van der Waals surface area contributed by atoms with E-state index in [1.807, 2.05) is 27.7 Å². The van der Waals surface area contributed by atoms with Gasteiger partial charge in [0.1, 0.15) is 6.10 Å². The molecule has 0 amide bonds. The molecule has 0 aliphatic rings. The molecule has 0 radical (unpaired) electrons. The Morgan fingerprint density at radius 1 is 1.38 bits per heavy atom. The van der Waals surface area contributed by atoms with Crippen LogP contribution in [0.3, 0.4) is 0 Å². The molecule has 0 spiro atoms. The van der Waals surface area contributed by atoms with E-state index in [0.29, 0.717) is 18.3 Å². The van der Waals surface area contributed by atoms with Crippen LogP contribution in [0.5, 0.6) is 0 Å². The lowest BCUT2D eigenvalue weighted by molar-refractivity contribution is 0.0683. The molecular formula is C11H21N3O2. The average molecular weight is 227 g/mol. The number of nitrogens with zero attached hydrogens (tertiary/aromatic N) is 2. The monoisotopic (exact) mass is 227 g/mol. The summed E-state index contributed by atoms with van der Waals surface area (Å²) >= 11 is 0. The van der Waals surface area contributed by atoms with Crippen LogP contribution in [0.2, 0.25) is 0 Å². The summed E-state index contributed by atoms with van der Waals surface area (Å²) in [4.78, 5) is 4.31. The van der Waals surface area contributed by atoms with Crippen LogP contribution in [0, 0.1) is 0 Å². The lowest BCUT2D eigenvalue weighted by Crippen LogP contribution is -2.35. The molecule has 0 fully saturated rings. The zero-order chi connectivity index (χ0) is 12.2. The fraction of sp³-hybridized carbons (Fsp3) is 0.818. The highest BCUT2D eigenvalue weighted by Gasteiger charge is 2.30. The summed E-state index contributed by atoms with van der Waals surface area (Å²) in [5, 5.41) is 3.91. The van der Waals surface area contributed by atoms with Gasteiger partial charge in [0.2, 0.25) is 5.89 Å². The molecule has 5 nitrogen and oxygen atoms in total. The van der Waals surface area contributed by atoms with Crippen molar-refractivity contribution in [3.8, 4) is 0 Å². The number of rotatable bonds is 6. The third kappa shape index (κ3) is 2.59. The van der Waals surface area contributed by atoms with Crippen LogP contribution < -0.4 is 5.73 Å². The maximum atomic E-state index is 6.17. The standard InChI is InChI=1S/C11H21N3O2/c1-5-11(12,6-2)10-13-9(14-16-10)8(4)15-7-3/h8H,5-7,12H2,1-4H3. The number of hydrogen-bond donors (Lipinski definition) is 1. The molecule has 1 heterocycles. The summed E-state index contributed by atoms with van der Waals surface area (Å²) in [5.41, 5.74) is 5.65. The Kier molecular flexibility index (Phi) is 4.44. The summed E-state index contributed by atoms with van der Waals surface area (Å²) in [6.07, 6.45) is 1.39. The summed E-state index contributed by atoms with van der Waals surface area (Å²) in [5.74, 6) is 1.06. The first kappa shape index (κ1) is 13.1. The molecule has 16 heavy (non-hydrogen) atoms. The van der Waals surface area contributed by atoms with Crippen molar-refractivity contribution in [2.24, 2.45) is 5.73 Å². The number of hydrogen-bond acceptors (Lipinski definition) is 5. The van der Waals surface area contributed by atoms with Gasteiger partial charge in [-0.25, -0.2) is 0 Å². The molecule has 0 aromatic carbocycles. The van der Waals surface area contributed by atoms with E-state index in [1.165, 1.54) is 0 Å². The normalized spacial score (nSPS) is 14.1. The number of ether oxygens (including phenoxy) is 1. The molecule has 5 heteroatoms. The zero-order valence-electron chi connectivity index (χ0n) is 10.5. The van der Waals surface area contributed by atoms with Crippen molar-refractivity contribution in [3.05, 3.63) is 11.7 Å². The van der Waals surface area contributed by atoms with E-state index in [4.69, 9.17) is 15.0 Å². The molecule has 0 saturated heterocycles. The van der Waals surface area contributed by atoms with Gasteiger partial charge in [0, 0.05) is 6.61 Å². The summed E-state index contributed by atoms with van der Waals surface area (Å²) in [6, 6.07) is 0. The van der Waals surface area contributed by atoms with Crippen LogP contribution in [0.25, 0.3) is 0 Å². The topological polar surface area (TPSA) is 74.2 Å². The molecular weight excluding hydrogens is 206 g/mol. The van der Waals surface area contributed by atoms with E-state index >= 15 is 0 Å². The second-order valence-corrected chi connectivity index (χ2v) is 3.92. The quantitative estimate of drug-likeness (QED) is 0.805. The predicted molar refractivity (Wildman–Crippen MR) is 60.8 cm³/mol. The van der Waals surface area contributed by atoms with E-state index in [1.54, 1.807) is 0 Å². The van der Waals surface area contributed by atoms with E-state index in [9.17, 15) is 0 Å². The van der Waals surface area contributed by atoms with Gasteiger partial charge in [0.05, 0.1) is 5.54 Å². The summed E-state index contributed by atoms with van der Waals surface area (Å²) < 4.78 is 10.6. The van der Waals surface area contributed by atoms with Crippen molar-refractivity contribution in [2.75, 3.05) is 6.61 Å². The molecule has 1 atom stereocenters. The molecule has 1 rings (SSSR count). The highest BCUT2D eigenvalue weighted by Crippen LogP contribution is 2.25. The third-order valence-electron chi connectivity index (χ3n) is 2.91. The van der Waals surface area contributed by atoms with Crippen LogP contribution in [-0.4, -0.2) is 16.7 Å². The Hall–Kier alpha value is -0.940. The fourth-order valence-corrected chi connectivity index (χ4v) is 1.48. The highest BCUT2D eigenvalue weighted by atomic mass is 16.5. The predicted octanol–water partition coefficient (Wildman–Crippen LogP) is 2.14. The van der Waals surface area contributed by atoms with Crippen molar-refractivity contribution in [1.29, 1.82) is 0 Å². The van der Waals surface area contributed by atoms with E-state index in [2.05, 4.69) is 10.1 Å². The van der Waals surface area contributed by atoms with Crippen LogP contribution in [0.1, 0.15) is 58.4 Å².